The third-order valence-electron chi connectivity index (χ3n) is 5.18. The predicted octanol–water partition coefficient (Wildman–Crippen LogP) is 3.51. The number of aromatic nitrogens is 2. The van der Waals surface area contributed by atoms with Crippen molar-refractivity contribution in [3.05, 3.63) is 20.8 Å². The number of fused-ring (bicyclic) bond motifs is 1. The van der Waals surface area contributed by atoms with E-state index in [2.05, 4.69) is 12.2 Å². The summed E-state index contributed by atoms with van der Waals surface area (Å²) >= 11 is 2.88. The molecule has 1 amide bonds. The number of carbonyl (C=O) groups is 1. The smallest absolute Gasteiger partial charge is 0.263 e. The maximum Gasteiger partial charge on any atom is 0.263 e. The van der Waals surface area contributed by atoms with Gasteiger partial charge in [-0.05, 0) is 58.4 Å². The summed E-state index contributed by atoms with van der Waals surface area (Å²) in [5.41, 5.74) is 0.987. The zero-order chi connectivity index (χ0) is 20.3. The summed E-state index contributed by atoms with van der Waals surface area (Å²) in [6.07, 6.45) is 3.13. The van der Waals surface area contributed by atoms with Crippen LogP contribution in [0.5, 0.6) is 0 Å². The Morgan fingerprint density at radius 1 is 1.43 bits per heavy atom. The Morgan fingerprint density at radius 2 is 2.18 bits per heavy atom. The molecule has 1 fully saturated rings. The predicted molar refractivity (Wildman–Crippen MR) is 116 cm³/mol. The summed E-state index contributed by atoms with van der Waals surface area (Å²) < 4.78 is 7.13. The Kier molecular flexibility index (Phi) is 7.17. The van der Waals surface area contributed by atoms with E-state index in [9.17, 15) is 9.59 Å². The number of ether oxygens (including phenoxy) is 1. The first-order valence-electron chi connectivity index (χ1n) is 9.92. The maximum absolute atomic E-state index is 13.1. The minimum absolute atomic E-state index is 0.00171. The number of thiophene rings is 1. The van der Waals surface area contributed by atoms with Crippen molar-refractivity contribution in [1.29, 1.82) is 0 Å². The van der Waals surface area contributed by atoms with Crippen molar-refractivity contribution in [2.24, 2.45) is 5.92 Å². The molecule has 8 heteroatoms. The van der Waals surface area contributed by atoms with Crippen LogP contribution in [0.1, 0.15) is 43.6 Å². The number of amides is 1. The van der Waals surface area contributed by atoms with Gasteiger partial charge in [-0.3, -0.25) is 14.2 Å². The molecule has 0 bridgehead atoms. The maximum atomic E-state index is 13.1. The number of carbonyl (C=O) groups excluding carboxylic acids is 1. The normalized spacial score (nSPS) is 15.1. The first kappa shape index (κ1) is 21.3. The van der Waals surface area contributed by atoms with Crippen molar-refractivity contribution in [3.63, 3.8) is 0 Å². The average Bonchev–Trinajstić information content (AvgIpc) is 3.46. The number of hydrogen-bond donors (Lipinski definition) is 1. The molecule has 0 unspecified atom stereocenters. The minimum Gasteiger partial charge on any atom is -0.382 e. The molecule has 1 N–H and O–H groups in total. The number of thioether (sulfide) groups is 1. The van der Waals surface area contributed by atoms with Gasteiger partial charge in [0.05, 0.1) is 11.1 Å². The van der Waals surface area contributed by atoms with Crippen LogP contribution in [0.3, 0.4) is 0 Å². The molecular formula is C20H29N3O3S2. The highest BCUT2D eigenvalue weighted by atomic mass is 32.2. The van der Waals surface area contributed by atoms with Gasteiger partial charge < -0.3 is 10.1 Å². The minimum atomic E-state index is -0.0161. The molecule has 2 aromatic rings. The van der Waals surface area contributed by atoms with Gasteiger partial charge in [-0.1, -0.05) is 11.8 Å². The molecule has 154 valence electrons. The van der Waals surface area contributed by atoms with Crippen molar-refractivity contribution in [1.82, 2.24) is 14.9 Å². The van der Waals surface area contributed by atoms with E-state index >= 15 is 0 Å². The van der Waals surface area contributed by atoms with Crippen LogP contribution in [0, 0.1) is 19.8 Å². The fraction of sp³-hybridized carbons (Fsp3) is 0.650. The van der Waals surface area contributed by atoms with E-state index in [4.69, 9.17) is 9.72 Å². The average molecular weight is 424 g/mol. The van der Waals surface area contributed by atoms with Crippen LogP contribution in [0.2, 0.25) is 0 Å². The number of aryl methyl sites for hydroxylation is 2. The van der Waals surface area contributed by atoms with E-state index in [0.717, 1.165) is 21.7 Å². The van der Waals surface area contributed by atoms with Crippen LogP contribution in [-0.4, -0.2) is 40.5 Å². The largest absolute Gasteiger partial charge is 0.382 e. The van der Waals surface area contributed by atoms with Crippen LogP contribution in [0.4, 0.5) is 0 Å². The summed E-state index contributed by atoms with van der Waals surface area (Å²) in [5.74, 6) is 0.888. The Labute approximate surface area is 174 Å². The summed E-state index contributed by atoms with van der Waals surface area (Å²) in [6, 6.07) is 0.222. The van der Waals surface area contributed by atoms with E-state index in [-0.39, 0.29) is 23.3 Å². The molecule has 3 rings (SSSR count). The van der Waals surface area contributed by atoms with Crippen molar-refractivity contribution in [3.8, 4) is 0 Å². The molecular weight excluding hydrogens is 394 g/mol. The first-order chi connectivity index (χ1) is 13.4. The van der Waals surface area contributed by atoms with E-state index in [1.165, 1.54) is 24.6 Å². The highest BCUT2D eigenvalue weighted by Crippen LogP contribution is 2.32. The molecule has 1 aliphatic rings. The van der Waals surface area contributed by atoms with Crippen molar-refractivity contribution in [2.45, 2.75) is 64.7 Å². The van der Waals surface area contributed by atoms with Crippen molar-refractivity contribution >= 4 is 39.2 Å². The van der Waals surface area contributed by atoms with E-state index in [1.807, 2.05) is 20.8 Å². The zero-order valence-electron chi connectivity index (χ0n) is 17.0. The molecule has 2 aromatic heterocycles. The van der Waals surface area contributed by atoms with E-state index in [0.29, 0.717) is 36.2 Å². The number of nitrogens with one attached hydrogen (secondary N) is 1. The van der Waals surface area contributed by atoms with Crippen LogP contribution in [0.25, 0.3) is 10.2 Å². The quantitative estimate of drug-likeness (QED) is 0.360. The number of nitrogens with zero attached hydrogens (tertiary/aromatic N) is 2. The lowest BCUT2D eigenvalue weighted by Crippen LogP contribution is -2.35. The lowest BCUT2D eigenvalue weighted by atomic mass is 10.2. The van der Waals surface area contributed by atoms with Gasteiger partial charge in [0.1, 0.15) is 4.83 Å². The Morgan fingerprint density at radius 3 is 2.86 bits per heavy atom. The number of rotatable bonds is 10. The molecule has 1 saturated carbocycles. The fourth-order valence-corrected chi connectivity index (χ4v) is 5.13. The number of hydrogen-bond acceptors (Lipinski definition) is 6. The lowest BCUT2D eigenvalue weighted by molar-refractivity contribution is -0.119. The van der Waals surface area contributed by atoms with Gasteiger partial charge in [-0.15, -0.1) is 11.3 Å². The molecule has 0 aliphatic heterocycles. The molecule has 0 radical (unpaired) electrons. The van der Waals surface area contributed by atoms with Crippen LogP contribution >= 0.6 is 23.1 Å². The molecule has 2 heterocycles. The Balaban J connectivity index is 1.79. The third-order valence-corrected chi connectivity index (χ3v) is 7.26. The van der Waals surface area contributed by atoms with Gasteiger partial charge in [0.25, 0.3) is 5.56 Å². The van der Waals surface area contributed by atoms with Gasteiger partial charge >= 0.3 is 0 Å². The standard InChI is InChI=1S/C20H29N3O3S2/c1-5-26-10-6-9-23-19(25)17-12(2)14(4)28-18(17)22-20(23)27-11-16(24)21-13(3)15-7-8-15/h13,15H,5-11H2,1-4H3,(H,21,24)/t13-/m1/s1. The SMILES string of the molecule is CCOCCCn1c(SCC(=O)N[C@H](C)C2CC2)nc2sc(C)c(C)c2c1=O. The second kappa shape index (κ2) is 9.41. The highest BCUT2D eigenvalue weighted by Gasteiger charge is 2.29. The molecule has 28 heavy (non-hydrogen) atoms. The van der Waals surface area contributed by atoms with E-state index < -0.39 is 0 Å². The Hall–Kier alpha value is -1.38. The molecule has 0 spiro atoms. The van der Waals surface area contributed by atoms with Gasteiger partial charge in [-0.2, -0.15) is 0 Å². The van der Waals surface area contributed by atoms with Gasteiger partial charge in [-0.25, -0.2) is 4.98 Å². The van der Waals surface area contributed by atoms with Crippen LogP contribution < -0.4 is 10.9 Å². The third kappa shape index (κ3) is 4.96. The Bertz CT molecular complexity index is 902. The summed E-state index contributed by atoms with van der Waals surface area (Å²) in [7, 11) is 0. The summed E-state index contributed by atoms with van der Waals surface area (Å²) in [6.45, 7) is 9.81. The van der Waals surface area contributed by atoms with Gasteiger partial charge in [0.2, 0.25) is 5.91 Å². The summed E-state index contributed by atoms with van der Waals surface area (Å²) in [4.78, 5) is 32.1. The van der Waals surface area contributed by atoms with Crippen molar-refractivity contribution < 1.29 is 9.53 Å². The van der Waals surface area contributed by atoms with Crippen LogP contribution in [-0.2, 0) is 16.1 Å². The molecule has 0 saturated heterocycles. The topological polar surface area (TPSA) is 73.2 Å². The monoisotopic (exact) mass is 423 g/mol. The molecule has 1 atom stereocenters. The van der Waals surface area contributed by atoms with Crippen LogP contribution in [0.15, 0.2) is 9.95 Å². The summed E-state index contributed by atoms with van der Waals surface area (Å²) in [5, 5.41) is 4.38. The van der Waals surface area contributed by atoms with Crippen molar-refractivity contribution in [2.75, 3.05) is 19.0 Å². The zero-order valence-corrected chi connectivity index (χ0v) is 18.7. The van der Waals surface area contributed by atoms with Gasteiger partial charge in [0, 0.05) is 30.7 Å². The first-order valence-corrected chi connectivity index (χ1v) is 11.7. The molecule has 6 nitrogen and oxygen atoms in total. The molecule has 0 aromatic carbocycles. The van der Waals surface area contributed by atoms with Gasteiger partial charge in [0.15, 0.2) is 5.16 Å². The molecule has 1 aliphatic carbocycles. The highest BCUT2D eigenvalue weighted by molar-refractivity contribution is 7.99. The second-order valence-corrected chi connectivity index (χ2v) is 9.49. The lowest BCUT2D eigenvalue weighted by Gasteiger charge is -2.14. The second-order valence-electron chi connectivity index (χ2n) is 7.35. The fourth-order valence-electron chi connectivity index (χ4n) is 3.22. The van der Waals surface area contributed by atoms with E-state index in [1.54, 1.807) is 15.9 Å².